The van der Waals surface area contributed by atoms with E-state index in [0.29, 0.717) is 19.5 Å². The number of fused-ring (bicyclic) bond motifs is 1. The molecule has 6 heteroatoms. The molecule has 2 aromatic carbocycles. The summed E-state index contributed by atoms with van der Waals surface area (Å²) in [5.74, 6) is -0.886. The van der Waals surface area contributed by atoms with Crippen molar-refractivity contribution in [2.45, 2.75) is 44.9 Å². The second-order valence-corrected chi connectivity index (χ2v) is 7.97. The lowest BCUT2D eigenvalue weighted by Crippen LogP contribution is -2.41. The molecule has 0 aliphatic carbocycles. The molecule has 1 saturated heterocycles. The van der Waals surface area contributed by atoms with Crippen LogP contribution in [0.4, 0.5) is 4.79 Å². The Hall–Kier alpha value is -2.60. The van der Waals surface area contributed by atoms with Gasteiger partial charge in [-0.05, 0) is 49.6 Å². The Morgan fingerprint density at radius 3 is 2.56 bits per heavy atom. The van der Waals surface area contributed by atoms with Crippen LogP contribution in [0.1, 0.15) is 38.8 Å². The molecular weight excluding hydrogens is 344 g/mol. The van der Waals surface area contributed by atoms with Gasteiger partial charge in [0.05, 0.1) is 0 Å². The fourth-order valence-corrected chi connectivity index (χ4v) is 3.50. The van der Waals surface area contributed by atoms with Crippen LogP contribution in [0.5, 0.6) is 0 Å². The maximum Gasteiger partial charge on any atom is 0.407 e. The number of rotatable bonds is 4. The summed E-state index contributed by atoms with van der Waals surface area (Å²) >= 11 is 0. The van der Waals surface area contributed by atoms with Crippen molar-refractivity contribution in [3.63, 3.8) is 0 Å². The molecular formula is C21H26N2O4. The molecule has 27 heavy (non-hydrogen) atoms. The van der Waals surface area contributed by atoms with E-state index >= 15 is 0 Å². The van der Waals surface area contributed by atoms with Crippen LogP contribution >= 0.6 is 0 Å². The highest BCUT2D eigenvalue weighted by Crippen LogP contribution is 2.28. The van der Waals surface area contributed by atoms with Gasteiger partial charge in [-0.2, -0.15) is 0 Å². The first kappa shape index (κ1) is 19.2. The third kappa shape index (κ3) is 4.77. The standard InChI is InChI=1S/C21H26N2O4/c1-21(2,3)27-20(26)22-17-10-11-23(13-17)18(19(24)25)16-9-8-14-6-4-5-7-15(14)12-16/h4-9,12,17-18H,10-11,13H2,1-3H3,(H,22,26)(H,24,25). The zero-order chi connectivity index (χ0) is 19.6. The van der Waals surface area contributed by atoms with Crippen molar-refractivity contribution in [3.8, 4) is 0 Å². The predicted molar refractivity (Wildman–Crippen MR) is 104 cm³/mol. The summed E-state index contributed by atoms with van der Waals surface area (Å²) in [7, 11) is 0. The largest absolute Gasteiger partial charge is 0.480 e. The van der Waals surface area contributed by atoms with Gasteiger partial charge in [0.1, 0.15) is 11.6 Å². The van der Waals surface area contributed by atoms with Crippen molar-refractivity contribution in [2.24, 2.45) is 0 Å². The van der Waals surface area contributed by atoms with Gasteiger partial charge in [-0.1, -0.05) is 36.4 Å². The Labute approximate surface area is 159 Å². The number of nitrogens with one attached hydrogen (secondary N) is 1. The number of carbonyl (C=O) groups is 2. The third-order valence-electron chi connectivity index (χ3n) is 4.63. The minimum absolute atomic E-state index is 0.123. The number of amides is 1. The van der Waals surface area contributed by atoms with E-state index < -0.39 is 23.7 Å². The number of benzene rings is 2. The van der Waals surface area contributed by atoms with Gasteiger partial charge in [-0.3, -0.25) is 9.69 Å². The van der Waals surface area contributed by atoms with E-state index in [-0.39, 0.29) is 6.04 Å². The summed E-state index contributed by atoms with van der Waals surface area (Å²) in [5, 5.41) is 14.8. The van der Waals surface area contributed by atoms with E-state index in [2.05, 4.69) is 5.32 Å². The minimum atomic E-state index is -0.886. The number of ether oxygens (including phenoxy) is 1. The quantitative estimate of drug-likeness (QED) is 0.860. The van der Waals surface area contributed by atoms with Crippen molar-refractivity contribution < 1.29 is 19.4 Å². The molecule has 2 N–H and O–H groups in total. The first-order valence-corrected chi connectivity index (χ1v) is 9.18. The van der Waals surface area contributed by atoms with Crippen LogP contribution in [0, 0.1) is 0 Å². The summed E-state index contributed by atoms with van der Waals surface area (Å²) < 4.78 is 5.29. The smallest absolute Gasteiger partial charge is 0.407 e. The van der Waals surface area contributed by atoms with Crippen LogP contribution in [-0.2, 0) is 9.53 Å². The molecule has 1 aliphatic heterocycles. The first-order valence-electron chi connectivity index (χ1n) is 9.18. The van der Waals surface area contributed by atoms with Crippen LogP contribution in [0.2, 0.25) is 0 Å². The van der Waals surface area contributed by atoms with Gasteiger partial charge in [0, 0.05) is 19.1 Å². The summed E-state index contributed by atoms with van der Waals surface area (Å²) in [6.45, 7) is 6.52. The molecule has 0 saturated carbocycles. The second-order valence-electron chi connectivity index (χ2n) is 7.97. The number of hydrogen-bond donors (Lipinski definition) is 2. The predicted octanol–water partition coefficient (Wildman–Crippen LogP) is 3.56. The Morgan fingerprint density at radius 1 is 1.19 bits per heavy atom. The lowest BCUT2D eigenvalue weighted by Gasteiger charge is -2.25. The van der Waals surface area contributed by atoms with E-state index in [1.165, 1.54) is 0 Å². The van der Waals surface area contributed by atoms with E-state index in [1.54, 1.807) is 0 Å². The van der Waals surface area contributed by atoms with Crippen molar-refractivity contribution in [1.29, 1.82) is 0 Å². The molecule has 0 bridgehead atoms. The summed E-state index contributed by atoms with van der Waals surface area (Å²) in [6, 6.07) is 12.8. The lowest BCUT2D eigenvalue weighted by atomic mass is 10.0. The summed E-state index contributed by atoms with van der Waals surface area (Å²) in [4.78, 5) is 25.9. The van der Waals surface area contributed by atoms with Crippen molar-refractivity contribution in [1.82, 2.24) is 10.2 Å². The van der Waals surface area contributed by atoms with Crippen LogP contribution < -0.4 is 5.32 Å². The van der Waals surface area contributed by atoms with E-state index in [0.717, 1.165) is 16.3 Å². The second kappa shape index (κ2) is 7.56. The Kier molecular flexibility index (Phi) is 5.37. The third-order valence-corrected chi connectivity index (χ3v) is 4.63. The summed E-state index contributed by atoms with van der Waals surface area (Å²) in [6.07, 6.45) is 0.225. The average molecular weight is 370 g/mol. The van der Waals surface area contributed by atoms with Crippen molar-refractivity contribution >= 4 is 22.8 Å². The molecule has 1 heterocycles. The van der Waals surface area contributed by atoms with Gasteiger partial charge in [0.2, 0.25) is 0 Å². The Morgan fingerprint density at radius 2 is 1.89 bits per heavy atom. The number of likely N-dealkylation sites (tertiary alicyclic amines) is 1. The van der Waals surface area contributed by atoms with E-state index in [4.69, 9.17) is 4.74 Å². The summed E-state index contributed by atoms with van der Waals surface area (Å²) in [5.41, 5.74) is 0.191. The van der Waals surface area contributed by atoms with Gasteiger partial charge < -0.3 is 15.2 Å². The number of hydrogen-bond acceptors (Lipinski definition) is 4. The highest BCUT2D eigenvalue weighted by molar-refractivity contribution is 5.85. The van der Waals surface area contributed by atoms with Gasteiger partial charge in [-0.25, -0.2) is 4.79 Å². The molecule has 144 valence electrons. The molecule has 1 aliphatic rings. The topological polar surface area (TPSA) is 78.9 Å². The number of carbonyl (C=O) groups excluding carboxylic acids is 1. The van der Waals surface area contributed by atoms with Gasteiger partial charge in [0.25, 0.3) is 0 Å². The number of nitrogens with zero attached hydrogens (tertiary/aromatic N) is 1. The Balaban J connectivity index is 1.72. The van der Waals surface area contributed by atoms with Gasteiger partial charge in [-0.15, -0.1) is 0 Å². The van der Waals surface area contributed by atoms with Crippen LogP contribution in [0.25, 0.3) is 10.8 Å². The van der Waals surface area contributed by atoms with E-state index in [1.807, 2.05) is 68.1 Å². The Bertz CT molecular complexity index is 843. The first-order chi connectivity index (χ1) is 12.7. The maximum absolute atomic E-state index is 12.0. The molecule has 2 aromatic rings. The van der Waals surface area contributed by atoms with Crippen molar-refractivity contribution in [2.75, 3.05) is 13.1 Å². The zero-order valence-corrected chi connectivity index (χ0v) is 15.9. The minimum Gasteiger partial charge on any atom is -0.480 e. The zero-order valence-electron chi connectivity index (χ0n) is 15.9. The maximum atomic E-state index is 12.0. The molecule has 1 fully saturated rings. The monoisotopic (exact) mass is 370 g/mol. The molecule has 0 spiro atoms. The number of carboxylic acid groups (broad SMARTS) is 1. The highest BCUT2D eigenvalue weighted by Gasteiger charge is 2.34. The molecule has 2 unspecified atom stereocenters. The molecule has 0 radical (unpaired) electrons. The number of aliphatic carboxylic acids is 1. The highest BCUT2D eigenvalue weighted by atomic mass is 16.6. The average Bonchev–Trinajstić information content (AvgIpc) is 3.00. The van der Waals surface area contributed by atoms with Crippen LogP contribution in [0.15, 0.2) is 42.5 Å². The fourth-order valence-electron chi connectivity index (χ4n) is 3.50. The number of alkyl carbamates (subject to hydrolysis) is 1. The van der Waals surface area contributed by atoms with Crippen molar-refractivity contribution in [3.05, 3.63) is 48.0 Å². The molecule has 6 nitrogen and oxygen atoms in total. The molecule has 1 amide bonds. The van der Waals surface area contributed by atoms with Crippen LogP contribution in [-0.4, -0.2) is 46.8 Å². The SMILES string of the molecule is CC(C)(C)OC(=O)NC1CCN(C(C(=O)O)c2ccc3ccccc3c2)C1. The molecule has 3 rings (SSSR count). The van der Waals surface area contributed by atoms with Gasteiger partial charge in [0.15, 0.2) is 0 Å². The fraction of sp³-hybridized carbons (Fsp3) is 0.429. The molecule has 2 atom stereocenters. The normalized spacial score (nSPS) is 19.0. The lowest BCUT2D eigenvalue weighted by molar-refractivity contribution is -0.143. The van der Waals surface area contributed by atoms with Crippen LogP contribution in [0.3, 0.4) is 0 Å². The van der Waals surface area contributed by atoms with Gasteiger partial charge >= 0.3 is 12.1 Å². The van der Waals surface area contributed by atoms with E-state index in [9.17, 15) is 14.7 Å². The molecule has 0 aromatic heterocycles. The number of carboxylic acids is 1.